The molecule has 1 aromatic rings. The number of carbonyl (C=O) groups excluding carboxylic acids is 2. The van der Waals surface area contributed by atoms with Gasteiger partial charge in [0.2, 0.25) is 5.91 Å². The fraction of sp³-hybridized carbons (Fsp3) is 0.652. The number of halogens is 1. The molecule has 2 N–H and O–H groups in total. The van der Waals surface area contributed by atoms with Crippen LogP contribution in [0.25, 0.3) is 0 Å². The summed E-state index contributed by atoms with van der Waals surface area (Å²) in [6.07, 6.45) is 2.98. The number of benzene rings is 1. The van der Waals surface area contributed by atoms with Gasteiger partial charge in [-0.05, 0) is 64.2 Å². The van der Waals surface area contributed by atoms with Crippen molar-refractivity contribution in [1.82, 2.24) is 5.32 Å². The predicted octanol–water partition coefficient (Wildman–Crippen LogP) is 4.28. The second-order valence-corrected chi connectivity index (χ2v) is 8.95. The summed E-state index contributed by atoms with van der Waals surface area (Å²) in [5.74, 6) is 0.622. The lowest BCUT2D eigenvalue weighted by Crippen LogP contribution is -2.35. The average Bonchev–Trinajstić information content (AvgIpc) is 2.74. The van der Waals surface area contributed by atoms with Gasteiger partial charge >= 0.3 is 0 Å². The number of hydrogen-bond donors (Lipinski definition) is 2. The summed E-state index contributed by atoms with van der Waals surface area (Å²) >= 11 is 5.93. The van der Waals surface area contributed by atoms with Gasteiger partial charge in [0.05, 0.1) is 11.0 Å². The first-order valence-corrected chi connectivity index (χ1v) is 11.4. The smallest absolute Gasteiger partial charge is 0.253 e. The molecule has 0 aliphatic carbocycles. The lowest BCUT2D eigenvalue weighted by molar-refractivity contribution is -0.122. The zero-order valence-electron chi connectivity index (χ0n) is 18.7. The topological polar surface area (TPSA) is 70.7 Å². The molecular weight excluding hydrogens is 402 g/mol. The predicted molar refractivity (Wildman–Crippen MR) is 124 cm³/mol. The highest BCUT2D eigenvalue weighted by molar-refractivity contribution is 6.20. The minimum atomic E-state index is -0.690. The third-order valence-corrected chi connectivity index (χ3v) is 6.20. The van der Waals surface area contributed by atoms with E-state index in [1.54, 1.807) is 19.9 Å². The molecule has 2 amide bonds. The van der Waals surface area contributed by atoms with Gasteiger partial charge in [-0.3, -0.25) is 9.59 Å². The van der Waals surface area contributed by atoms with Crippen molar-refractivity contribution < 1.29 is 14.3 Å². The molecule has 7 heteroatoms. The number of amides is 2. The van der Waals surface area contributed by atoms with Crippen LogP contribution < -0.4 is 15.5 Å². The lowest BCUT2D eigenvalue weighted by atomic mass is 9.95. The second kappa shape index (κ2) is 11.6. The van der Waals surface area contributed by atoms with Crippen molar-refractivity contribution >= 4 is 34.8 Å². The first-order valence-electron chi connectivity index (χ1n) is 10.9. The van der Waals surface area contributed by atoms with Crippen LogP contribution in [-0.2, 0) is 9.53 Å². The second-order valence-electron chi connectivity index (χ2n) is 8.68. The van der Waals surface area contributed by atoms with E-state index in [0.29, 0.717) is 36.9 Å². The first-order chi connectivity index (χ1) is 14.3. The van der Waals surface area contributed by atoms with Crippen molar-refractivity contribution in [1.29, 1.82) is 0 Å². The molecule has 1 saturated heterocycles. The van der Waals surface area contributed by atoms with E-state index in [0.717, 1.165) is 38.0 Å². The Labute approximate surface area is 185 Å². The van der Waals surface area contributed by atoms with E-state index in [-0.39, 0.29) is 17.7 Å². The highest BCUT2D eigenvalue weighted by Crippen LogP contribution is 2.29. The summed E-state index contributed by atoms with van der Waals surface area (Å²) in [6, 6.07) is 5.57. The molecule has 0 spiro atoms. The van der Waals surface area contributed by atoms with E-state index in [4.69, 9.17) is 16.3 Å². The molecule has 0 unspecified atom stereocenters. The Bertz CT molecular complexity index is 716. The van der Waals surface area contributed by atoms with E-state index in [2.05, 4.69) is 22.5 Å². The van der Waals surface area contributed by atoms with Crippen LogP contribution >= 0.6 is 11.6 Å². The van der Waals surface area contributed by atoms with Crippen LogP contribution in [0.4, 0.5) is 11.4 Å². The van der Waals surface area contributed by atoms with Gasteiger partial charge in [-0.2, -0.15) is 0 Å². The molecule has 6 nitrogen and oxygen atoms in total. The molecule has 2 rings (SSSR count). The SMILES string of the molecule is CCOCCCNC(=O)c1cc(NC(=O)C(C)(C)CCl)ccc1N1CCC(C)CC1. The Kier molecular flexibility index (Phi) is 9.43. The number of anilines is 2. The van der Waals surface area contributed by atoms with E-state index in [9.17, 15) is 9.59 Å². The van der Waals surface area contributed by atoms with Gasteiger partial charge in [0, 0.05) is 50.1 Å². The summed E-state index contributed by atoms with van der Waals surface area (Å²) in [7, 11) is 0. The maximum Gasteiger partial charge on any atom is 0.253 e. The van der Waals surface area contributed by atoms with Crippen molar-refractivity contribution in [3.63, 3.8) is 0 Å². The quantitative estimate of drug-likeness (QED) is 0.423. The normalized spacial score (nSPS) is 15.2. The number of ether oxygens (including phenoxy) is 1. The standard InChI is InChI=1S/C23H36ClN3O3/c1-5-30-14-6-11-25-21(28)19-15-18(26-22(29)23(3,4)16-24)7-8-20(19)27-12-9-17(2)10-13-27/h7-8,15,17H,5-6,9-14,16H2,1-4H3,(H,25,28)(H,26,29). The van der Waals surface area contributed by atoms with Gasteiger partial charge in [-0.15, -0.1) is 11.6 Å². The van der Waals surface area contributed by atoms with Gasteiger partial charge < -0.3 is 20.3 Å². The van der Waals surface area contributed by atoms with Gasteiger partial charge in [0.25, 0.3) is 5.91 Å². The van der Waals surface area contributed by atoms with Gasteiger partial charge in [-0.25, -0.2) is 0 Å². The summed E-state index contributed by atoms with van der Waals surface area (Å²) < 4.78 is 5.34. The number of hydrogen-bond acceptors (Lipinski definition) is 4. The number of piperidine rings is 1. The molecule has 1 aliphatic heterocycles. The maximum absolute atomic E-state index is 13.0. The molecule has 1 fully saturated rings. The average molecular weight is 438 g/mol. The van der Waals surface area contributed by atoms with Crippen LogP contribution in [-0.4, -0.2) is 50.5 Å². The highest BCUT2D eigenvalue weighted by Gasteiger charge is 2.27. The van der Waals surface area contributed by atoms with Crippen molar-refractivity contribution in [3.05, 3.63) is 23.8 Å². The molecule has 0 bridgehead atoms. The molecule has 168 valence electrons. The Hall–Kier alpha value is -1.79. The number of alkyl halides is 1. The van der Waals surface area contributed by atoms with Crippen LogP contribution in [0, 0.1) is 11.3 Å². The number of rotatable bonds is 10. The highest BCUT2D eigenvalue weighted by atomic mass is 35.5. The molecule has 1 aliphatic rings. The number of nitrogens with zero attached hydrogens (tertiary/aromatic N) is 1. The van der Waals surface area contributed by atoms with Crippen molar-refractivity contribution in [2.24, 2.45) is 11.3 Å². The van der Waals surface area contributed by atoms with Crippen molar-refractivity contribution in [2.75, 3.05) is 48.9 Å². The molecular formula is C23H36ClN3O3. The third kappa shape index (κ3) is 6.88. The molecule has 0 saturated carbocycles. The van der Waals surface area contributed by atoms with Gasteiger partial charge in [-0.1, -0.05) is 6.92 Å². The zero-order chi connectivity index (χ0) is 22.1. The van der Waals surface area contributed by atoms with Crippen molar-refractivity contribution in [3.8, 4) is 0 Å². The molecule has 0 atom stereocenters. The maximum atomic E-state index is 13.0. The monoisotopic (exact) mass is 437 g/mol. The Morgan fingerprint density at radius 1 is 1.27 bits per heavy atom. The van der Waals surface area contributed by atoms with E-state index >= 15 is 0 Å². The van der Waals surface area contributed by atoms with E-state index in [1.807, 2.05) is 19.1 Å². The minimum absolute atomic E-state index is 0.132. The van der Waals surface area contributed by atoms with Crippen LogP contribution in [0.15, 0.2) is 18.2 Å². The van der Waals surface area contributed by atoms with E-state index in [1.165, 1.54) is 0 Å². The Balaban J connectivity index is 2.19. The first kappa shape index (κ1) is 24.5. The summed E-state index contributed by atoms with van der Waals surface area (Å²) in [4.78, 5) is 27.8. The molecule has 1 heterocycles. The zero-order valence-corrected chi connectivity index (χ0v) is 19.5. The fourth-order valence-corrected chi connectivity index (χ4v) is 3.42. The Morgan fingerprint density at radius 2 is 1.97 bits per heavy atom. The Morgan fingerprint density at radius 3 is 2.60 bits per heavy atom. The molecule has 0 radical (unpaired) electrons. The van der Waals surface area contributed by atoms with Crippen LogP contribution in [0.1, 0.15) is 57.3 Å². The third-order valence-electron chi connectivity index (χ3n) is 5.53. The van der Waals surface area contributed by atoms with Crippen LogP contribution in [0.3, 0.4) is 0 Å². The summed E-state index contributed by atoms with van der Waals surface area (Å²) in [6.45, 7) is 11.5. The molecule has 0 aromatic heterocycles. The van der Waals surface area contributed by atoms with Gasteiger partial charge in [0.1, 0.15) is 0 Å². The van der Waals surface area contributed by atoms with Crippen LogP contribution in [0.2, 0.25) is 0 Å². The fourth-order valence-electron chi connectivity index (χ4n) is 3.30. The number of carbonyl (C=O) groups is 2. The molecule has 30 heavy (non-hydrogen) atoms. The molecule has 1 aromatic carbocycles. The largest absolute Gasteiger partial charge is 0.382 e. The van der Waals surface area contributed by atoms with E-state index < -0.39 is 5.41 Å². The lowest BCUT2D eigenvalue weighted by Gasteiger charge is -2.33. The minimum Gasteiger partial charge on any atom is -0.382 e. The van der Waals surface area contributed by atoms with Crippen molar-refractivity contribution in [2.45, 2.75) is 47.0 Å². The number of nitrogens with one attached hydrogen (secondary N) is 2. The summed E-state index contributed by atoms with van der Waals surface area (Å²) in [5, 5.41) is 5.90. The summed E-state index contributed by atoms with van der Waals surface area (Å²) in [5.41, 5.74) is 1.42. The van der Waals surface area contributed by atoms with Crippen LogP contribution in [0.5, 0.6) is 0 Å². The van der Waals surface area contributed by atoms with Gasteiger partial charge in [0.15, 0.2) is 0 Å².